The van der Waals surface area contributed by atoms with Gasteiger partial charge in [0.2, 0.25) is 5.89 Å². The van der Waals surface area contributed by atoms with Gasteiger partial charge in [-0.25, -0.2) is 4.98 Å². The summed E-state index contributed by atoms with van der Waals surface area (Å²) in [4.78, 5) is 17.2. The number of anilines is 1. The molecule has 1 amide bonds. The number of aromatic hydroxyl groups is 1. The molecule has 0 unspecified atom stereocenters. The van der Waals surface area contributed by atoms with Crippen molar-refractivity contribution in [2.24, 2.45) is 0 Å². The van der Waals surface area contributed by atoms with Crippen molar-refractivity contribution in [1.29, 1.82) is 0 Å². The minimum atomic E-state index is -0.317. The van der Waals surface area contributed by atoms with E-state index in [-0.39, 0.29) is 11.7 Å². The van der Waals surface area contributed by atoms with Crippen molar-refractivity contribution in [2.45, 2.75) is 13.8 Å². The van der Waals surface area contributed by atoms with Crippen LogP contribution in [0.4, 0.5) is 5.69 Å². The summed E-state index contributed by atoms with van der Waals surface area (Å²) in [6.45, 7) is 3.94. The highest BCUT2D eigenvalue weighted by atomic mass is 16.5. The zero-order valence-electron chi connectivity index (χ0n) is 16.3. The number of nitrogens with zero attached hydrogens (tertiary/aromatic N) is 1. The number of para-hydroxylation sites is 1. The smallest absolute Gasteiger partial charge is 0.259 e. The lowest BCUT2D eigenvalue weighted by atomic mass is 10.1. The van der Waals surface area contributed by atoms with E-state index in [0.29, 0.717) is 34.0 Å². The number of phenols is 1. The fourth-order valence-corrected chi connectivity index (χ4v) is 3.31. The molecule has 2 N–H and O–H groups in total. The number of oxazole rings is 1. The maximum absolute atomic E-state index is 12.7. The van der Waals surface area contributed by atoms with E-state index in [9.17, 15) is 9.90 Å². The number of fused-ring (bicyclic) bond motifs is 1. The molecular weight excluding hydrogens is 368 g/mol. The monoisotopic (exact) mass is 388 g/mol. The molecule has 6 nitrogen and oxygen atoms in total. The van der Waals surface area contributed by atoms with Gasteiger partial charge in [0, 0.05) is 5.69 Å². The predicted octanol–water partition coefficient (Wildman–Crippen LogP) is 5.08. The molecule has 0 saturated heterocycles. The Bertz CT molecular complexity index is 1230. The lowest BCUT2D eigenvalue weighted by Crippen LogP contribution is -2.13. The van der Waals surface area contributed by atoms with Crippen LogP contribution in [0.5, 0.6) is 11.5 Å². The fourth-order valence-electron chi connectivity index (χ4n) is 3.31. The first kappa shape index (κ1) is 18.6. The number of hydrogen-bond acceptors (Lipinski definition) is 5. The SMILES string of the molecule is COc1ccccc1C(=O)Nc1ccc(O)c(-c2nc3cc(C)cc(C)c3o2)c1. The van der Waals surface area contributed by atoms with Crippen LogP contribution in [0.3, 0.4) is 0 Å². The average Bonchev–Trinajstić information content (AvgIpc) is 3.13. The summed E-state index contributed by atoms with van der Waals surface area (Å²) in [7, 11) is 1.52. The number of ether oxygens (including phenoxy) is 1. The normalized spacial score (nSPS) is 10.9. The Balaban J connectivity index is 1.70. The van der Waals surface area contributed by atoms with Gasteiger partial charge in [-0.05, 0) is 61.4 Å². The quantitative estimate of drug-likeness (QED) is 0.476. The van der Waals surface area contributed by atoms with E-state index in [1.54, 1.807) is 36.4 Å². The molecule has 0 spiro atoms. The second-order valence-electron chi connectivity index (χ2n) is 6.84. The summed E-state index contributed by atoms with van der Waals surface area (Å²) in [5, 5.41) is 13.2. The Kier molecular flexibility index (Phi) is 4.68. The maximum Gasteiger partial charge on any atom is 0.259 e. The van der Waals surface area contributed by atoms with Gasteiger partial charge in [0.15, 0.2) is 5.58 Å². The molecule has 3 aromatic carbocycles. The third kappa shape index (κ3) is 3.52. The van der Waals surface area contributed by atoms with Crippen LogP contribution < -0.4 is 10.1 Å². The molecule has 4 aromatic rings. The van der Waals surface area contributed by atoms with Crippen LogP contribution in [0.1, 0.15) is 21.5 Å². The number of amides is 1. The van der Waals surface area contributed by atoms with Crippen molar-refractivity contribution in [2.75, 3.05) is 12.4 Å². The van der Waals surface area contributed by atoms with Crippen LogP contribution in [-0.4, -0.2) is 23.1 Å². The Morgan fingerprint density at radius 3 is 2.69 bits per heavy atom. The minimum Gasteiger partial charge on any atom is -0.507 e. The number of rotatable bonds is 4. The largest absolute Gasteiger partial charge is 0.507 e. The van der Waals surface area contributed by atoms with Crippen molar-refractivity contribution in [3.8, 4) is 23.0 Å². The van der Waals surface area contributed by atoms with E-state index in [0.717, 1.165) is 16.6 Å². The molecule has 0 saturated carbocycles. The molecule has 0 atom stereocenters. The van der Waals surface area contributed by atoms with E-state index in [1.807, 2.05) is 26.0 Å². The van der Waals surface area contributed by atoms with Crippen LogP contribution in [-0.2, 0) is 0 Å². The van der Waals surface area contributed by atoms with Gasteiger partial charge in [0.25, 0.3) is 5.91 Å². The molecule has 1 aromatic heterocycles. The number of benzene rings is 3. The standard InChI is InChI=1S/C23H20N2O4/c1-13-10-14(2)21-18(11-13)25-23(29-21)17-12-15(8-9-19(17)26)24-22(27)16-6-4-5-7-20(16)28-3/h4-12,26H,1-3H3,(H,24,27). The number of phenolic OH excluding ortho intramolecular Hbond substituents is 1. The summed E-state index contributed by atoms with van der Waals surface area (Å²) < 4.78 is 11.1. The van der Waals surface area contributed by atoms with Gasteiger partial charge in [-0.15, -0.1) is 0 Å². The molecule has 1 heterocycles. The molecule has 0 bridgehead atoms. The molecule has 0 aliphatic heterocycles. The van der Waals surface area contributed by atoms with E-state index in [2.05, 4.69) is 10.3 Å². The van der Waals surface area contributed by atoms with Crippen LogP contribution in [0.2, 0.25) is 0 Å². The highest BCUT2D eigenvalue weighted by Gasteiger charge is 2.17. The number of aromatic nitrogens is 1. The lowest BCUT2D eigenvalue weighted by molar-refractivity contribution is 0.102. The predicted molar refractivity (Wildman–Crippen MR) is 112 cm³/mol. The molecule has 0 radical (unpaired) electrons. The third-order valence-electron chi connectivity index (χ3n) is 4.66. The first-order chi connectivity index (χ1) is 14.0. The molecule has 146 valence electrons. The molecule has 6 heteroatoms. The van der Waals surface area contributed by atoms with Gasteiger partial charge in [-0.3, -0.25) is 4.79 Å². The summed E-state index contributed by atoms with van der Waals surface area (Å²) in [6.07, 6.45) is 0. The van der Waals surface area contributed by atoms with Gasteiger partial charge in [-0.2, -0.15) is 0 Å². The highest BCUT2D eigenvalue weighted by Crippen LogP contribution is 2.34. The Hall–Kier alpha value is -3.80. The van der Waals surface area contributed by atoms with Crippen molar-refractivity contribution >= 4 is 22.7 Å². The van der Waals surface area contributed by atoms with Crippen molar-refractivity contribution in [3.63, 3.8) is 0 Å². The molecule has 4 rings (SSSR count). The highest BCUT2D eigenvalue weighted by molar-refractivity contribution is 6.06. The van der Waals surface area contributed by atoms with Gasteiger partial charge >= 0.3 is 0 Å². The Morgan fingerprint density at radius 1 is 1.10 bits per heavy atom. The molecule has 0 fully saturated rings. The molecular formula is C23H20N2O4. The molecule has 29 heavy (non-hydrogen) atoms. The van der Waals surface area contributed by atoms with Crippen LogP contribution >= 0.6 is 0 Å². The Labute approximate surface area is 167 Å². The van der Waals surface area contributed by atoms with Gasteiger partial charge in [0.05, 0.1) is 18.2 Å². The molecule has 0 aliphatic carbocycles. The maximum atomic E-state index is 12.7. The van der Waals surface area contributed by atoms with Crippen LogP contribution in [0, 0.1) is 13.8 Å². The second kappa shape index (κ2) is 7.31. The van der Waals surface area contributed by atoms with Crippen LogP contribution in [0.25, 0.3) is 22.6 Å². The van der Waals surface area contributed by atoms with Crippen molar-refractivity contribution in [3.05, 3.63) is 71.3 Å². The van der Waals surface area contributed by atoms with Crippen molar-refractivity contribution < 1.29 is 19.1 Å². The second-order valence-corrected chi connectivity index (χ2v) is 6.84. The van der Waals surface area contributed by atoms with Crippen LogP contribution in [0.15, 0.2) is 59.0 Å². The lowest BCUT2D eigenvalue weighted by Gasteiger charge is -2.10. The summed E-state index contributed by atoms with van der Waals surface area (Å²) >= 11 is 0. The molecule has 0 aliphatic rings. The van der Waals surface area contributed by atoms with E-state index in [4.69, 9.17) is 9.15 Å². The van der Waals surface area contributed by atoms with E-state index in [1.165, 1.54) is 13.2 Å². The summed E-state index contributed by atoms with van der Waals surface area (Å²) in [5.74, 6) is 0.470. The van der Waals surface area contributed by atoms with E-state index >= 15 is 0 Å². The summed E-state index contributed by atoms with van der Waals surface area (Å²) in [5.41, 5.74) is 4.77. The third-order valence-corrected chi connectivity index (χ3v) is 4.66. The number of methoxy groups -OCH3 is 1. The fraction of sp³-hybridized carbons (Fsp3) is 0.130. The van der Waals surface area contributed by atoms with Gasteiger partial charge in [0.1, 0.15) is 17.0 Å². The van der Waals surface area contributed by atoms with E-state index < -0.39 is 0 Å². The zero-order chi connectivity index (χ0) is 20.5. The average molecular weight is 388 g/mol. The Morgan fingerprint density at radius 2 is 1.90 bits per heavy atom. The number of carbonyl (C=O) groups is 1. The summed E-state index contributed by atoms with van der Waals surface area (Å²) in [6, 6.07) is 15.7. The number of hydrogen-bond donors (Lipinski definition) is 2. The number of carbonyl (C=O) groups excluding carboxylic acids is 1. The number of aryl methyl sites for hydroxylation is 2. The first-order valence-electron chi connectivity index (χ1n) is 9.12. The minimum absolute atomic E-state index is 0.0150. The zero-order valence-corrected chi connectivity index (χ0v) is 16.3. The van der Waals surface area contributed by atoms with Gasteiger partial charge in [-0.1, -0.05) is 18.2 Å². The van der Waals surface area contributed by atoms with Crippen molar-refractivity contribution in [1.82, 2.24) is 4.98 Å². The van der Waals surface area contributed by atoms with Gasteiger partial charge < -0.3 is 19.6 Å². The first-order valence-corrected chi connectivity index (χ1v) is 9.12. The number of nitrogens with one attached hydrogen (secondary N) is 1. The topological polar surface area (TPSA) is 84.6 Å².